The molecule has 14 heavy (non-hydrogen) atoms. The van der Waals surface area contributed by atoms with Crippen LogP contribution in [-0.4, -0.2) is 42.5 Å². The summed E-state index contributed by atoms with van der Waals surface area (Å²) in [5.74, 6) is 0. The quantitative estimate of drug-likeness (QED) is 0.704. The van der Waals surface area contributed by atoms with Gasteiger partial charge in [-0.3, -0.25) is 5.10 Å². The van der Waals surface area contributed by atoms with Gasteiger partial charge in [0.15, 0.2) is 0 Å². The lowest BCUT2D eigenvalue weighted by atomic mass is 10.2. The third-order valence-corrected chi connectivity index (χ3v) is 2.54. The lowest BCUT2D eigenvalue weighted by Crippen LogP contribution is -2.51. The predicted molar refractivity (Wildman–Crippen MR) is 54.3 cm³/mol. The fraction of sp³-hybridized carbons (Fsp3) is 0.667. The molecule has 1 aliphatic rings. The van der Waals surface area contributed by atoms with Crippen LogP contribution in [0.4, 0.5) is 5.69 Å². The molecule has 5 nitrogen and oxygen atoms in total. The van der Waals surface area contributed by atoms with Gasteiger partial charge < -0.3 is 15.4 Å². The maximum atomic E-state index is 5.59. The van der Waals surface area contributed by atoms with Crippen LogP contribution in [0.5, 0.6) is 0 Å². The average Bonchev–Trinajstić information content (AvgIpc) is 2.47. The Balaban J connectivity index is 2.13. The van der Waals surface area contributed by atoms with Gasteiger partial charge in [0.1, 0.15) is 0 Å². The number of nitrogens with one attached hydrogen (secondary N) is 1. The van der Waals surface area contributed by atoms with E-state index in [1.165, 1.54) is 0 Å². The first kappa shape index (κ1) is 9.48. The van der Waals surface area contributed by atoms with E-state index < -0.39 is 0 Å². The van der Waals surface area contributed by atoms with Crippen LogP contribution in [0.25, 0.3) is 0 Å². The van der Waals surface area contributed by atoms with Crippen molar-refractivity contribution in [3.05, 3.63) is 11.9 Å². The molecule has 1 aromatic rings. The van der Waals surface area contributed by atoms with Crippen molar-refractivity contribution in [3.63, 3.8) is 0 Å². The van der Waals surface area contributed by atoms with Gasteiger partial charge in [-0.1, -0.05) is 0 Å². The standard InChI is InChI=1S/C9H16N4O/c1-7-9(4-11-12-7)13(3-2-10)8-5-14-6-8/h4,8H,2-3,5-6,10H2,1H3,(H,11,12). The zero-order chi connectivity index (χ0) is 9.97. The van der Waals surface area contributed by atoms with Gasteiger partial charge in [0, 0.05) is 13.1 Å². The van der Waals surface area contributed by atoms with Gasteiger partial charge in [0.25, 0.3) is 0 Å². The van der Waals surface area contributed by atoms with E-state index in [4.69, 9.17) is 10.5 Å². The molecule has 1 saturated heterocycles. The van der Waals surface area contributed by atoms with E-state index in [9.17, 15) is 0 Å². The maximum absolute atomic E-state index is 5.59. The molecule has 0 amide bonds. The van der Waals surface area contributed by atoms with Crippen LogP contribution < -0.4 is 10.6 Å². The highest BCUT2D eigenvalue weighted by Crippen LogP contribution is 2.22. The number of H-pyrrole nitrogens is 1. The molecule has 0 bridgehead atoms. The Morgan fingerprint density at radius 3 is 2.93 bits per heavy atom. The molecule has 5 heteroatoms. The van der Waals surface area contributed by atoms with Crippen molar-refractivity contribution in [1.82, 2.24) is 10.2 Å². The molecule has 78 valence electrons. The van der Waals surface area contributed by atoms with E-state index in [0.717, 1.165) is 31.1 Å². The minimum absolute atomic E-state index is 0.467. The highest BCUT2D eigenvalue weighted by Gasteiger charge is 2.27. The Bertz CT molecular complexity index is 295. The largest absolute Gasteiger partial charge is 0.377 e. The summed E-state index contributed by atoms with van der Waals surface area (Å²) in [4.78, 5) is 2.27. The van der Waals surface area contributed by atoms with E-state index in [0.29, 0.717) is 12.6 Å². The van der Waals surface area contributed by atoms with Crippen LogP contribution in [0.15, 0.2) is 6.20 Å². The zero-order valence-electron chi connectivity index (χ0n) is 8.36. The van der Waals surface area contributed by atoms with Gasteiger partial charge in [-0.25, -0.2) is 0 Å². The summed E-state index contributed by atoms with van der Waals surface area (Å²) in [5.41, 5.74) is 7.82. The minimum Gasteiger partial charge on any atom is -0.377 e. The van der Waals surface area contributed by atoms with Crippen LogP contribution in [0.3, 0.4) is 0 Å². The van der Waals surface area contributed by atoms with Crippen molar-refractivity contribution < 1.29 is 4.74 Å². The van der Waals surface area contributed by atoms with Gasteiger partial charge in [0.05, 0.1) is 36.8 Å². The summed E-state index contributed by atoms with van der Waals surface area (Å²) < 4.78 is 5.19. The van der Waals surface area contributed by atoms with Crippen LogP contribution in [0, 0.1) is 6.92 Å². The summed E-state index contributed by atoms with van der Waals surface area (Å²) in [6, 6.07) is 0.467. The molecular weight excluding hydrogens is 180 g/mol. The van der Waals surface area contributed by atoms with E-state index in [-0.39, 0.29) is 0 Å². The Kier molecular flexibility index (Phi) is 2.69. The van der Waals surface area contributed by atoms with Gasteiger partial charge in [-0.2, -0.15) is 5.10 Å². The number of nitrogens with two attached hydrogens (primary N) is 1. The molecule has 2 heterocycles. The second kappa shape index (κ2) is 3.98. The molecule has 0 aliphatic carbocycles. The summed E-state index contributed by atoms with van der Waals surface area (Å²) in [7, 11) is 0. The van der Waals surface area contributed by atoms with Crippen molar-refractivity contribution in [1.29, 1.82) is 0 Å². The third kappa shape index (κ3) is 1.60. The first-order valence-electron chi connectivity index (χ1n) is 4.87. The zero-order valence-corrected chi connectivity index (χ0v) is 8.36. The predicted octanol–water partition coefficient (Wildman–Crippen LogP) is -0.118. The van der Waals surface area contributed by atoms with Crippen LogP contribution in [0.2, 0.25) is 0 Å². The molecule has 0 aromatic carbocycles. The summed E-state index contributed by atoms with van der Waals surface area (Å²) in [6.07, 6.45) is 1.85. The number of nitrogens with zero attached hydrogens (tertiary/aromatic N) is 2. The molecule has 0 spiro atoms. The highest BCUT2D eigenvalue weighted by atomic mass is 16.5. The average molecular weight is 196 g/mol. The van der Waals surface area contributed by atoms with Crippen molar-refractivity contribution in [2.24, 2.45) is 5.73 Å². The van der Waals surface area contributed by atoms with Gasteiger partial charge in [-0.15, -0.1) is 0 Å². The molecule has 3 N–H and O–H groups in total. The Labute approximate surface area is 83.2 Å². The number of hydrogen-bond acceptors (Lipinski definition) is 4. The second-order valence-electron chi connectivity index (χ2n) is 3.55. The van der Waals surface area contributed by atoms with E-state index in [1.807, 2.05) is 13.1 Å². The van der Waals surface area contributed by atoms with Gasteiger partial charge >= 0.3 is 0 Å². The van der Waals surface area contributed by atoms with E-state index in [1.54, 1.807) is 0 Å². The van der Waals surface area contributed by atoms with E-state index >= 15 is 0 Å². The number of hydrogen-bond donors (Lipinski definition) is 2. The smallest absolute Gasteiger partial charge is 0.0784 e. The summed E-state index contributed by atoms with van der Waals surface area (Å²) >= 11 is 0. The molecule has 0 radical (unpaired) electrons. The Hall–Kier alpha value is -1.07. The van der Waals surface area contributed by atoms with Crippen LogP contribution in [0.1, 0.15) is 5.69 Å². The summed E-state index contributed by atoms with van der Waals surface area (Å²) in [5, 5.41) is 6.95. The number of aromatic amines is 1. The SMILES string of the molecule is Cc1[nH]ncc1N(CCN)C1COC1. The third-order valence-electron chi connectivity index (χ3n) is 2.54. The number of anilines is 1. The molecule has 0 atom stereocenters. The fourth-order valence-electron chi connectivity index (χ4n) is 1.68. The number of ether oxygens (including phenoxy) is 1. The lowest BCUT2D eigenvalue weighted by Gasteiger charge is -2.38. The molecule has 0 saturated carbocycles. The molecule has 1 aliphatic heterocycles. The topological polar surface area (TPSA) is 67.2 Å². The van der Waals surface area contributed by atoms with Crippen molar-refractivity contribution in [2.45, 2.75) is 13.0 Å². The first-order valence-corrected chi connectivity index (χ1v) is 4.87. The molecule has 1 fully saturated rings. The van der Waals surface area contributed by atoms with Gasteiger partial charge in [-0.05, 0) is 6.92 Å². The van der Waals surface area contributed by atoms with Crippen molar-refractivity contribution in [2.75, 3.05) is 31.2 Å². The molecule has 0 unspecified atom stereocenters. The number of rotatable bonds is 4. The lowest BCUT2D eigenvalue weighted by molar-refractivity contribution is 0.00828. The second-order valence-corrected chi connectivity index (χ2v) is 3.55. The normalized spacial score (nSPS) is 16.7. The monoisotopic (exact) mass is 196 g/mol. The maximum Gasteiger partial charge on any atom is 0.0784 e. The molecule has 2 rings (SSSR count). The molecular formula is C9H16N4O. The molecule has 1 aromatic heterocycles. The Morgan fingerprint density at radius 1 is 1.71 bits per heavy atom. The van der Waals surface area contributed by atoms with Crippen molar-refractivity contribution >= 4 is 5.69 Å². The van der Waals surface area contributed by atoms with E-state index in [2.05, 4.69) is 15.1 Å². The first-order chi connectivity index (χ1) is 6.83. The number of aromatic nitrogens is 2. The van der Waals surface area contributed by atoms with Crippen LogP contribution in [-0.2, 0) is 4.74 Å². The van der Waals surface area contributed by atoms with Gasteiger partial charge in [0.2, 0.25) is 0 Å². The fourth-order valence-corrected chi connectivity index (χ4v) is 1.68. The minimum atomic E-state index is 0.467. The summed E-state index contributed by atoms with van der Waals surface area (Å²) in [6.45, 7) is 5.12. The number of aryl methyl sites for hydroxylation is 1. The van der Waals surface area contributed by atoms with Crippen LogP contribution >= 0.6 is 0 Å². The van der Waals surface area contributed by atoms with Crippen molar-refractivity contribution in [3.8, 4) is 0 Å². The highest BCUT2D eigenvalue weighted by molar-refractivity contribution is 5.49. The Morgan fingerprint density at radius 2 is 2.50 bits per heavy atom.